The number of aliphatic imine (C=N–C) groups is 1. The van der Waals surface area contributed by atoms with Crippen molar-refractivity contribution in [2.75, 3.05) is 27.3 Å². The van der Waals surface area contributed by atoms with E-state index >= 15 is 0 Å². The molecular formula is C21H30IN3O3. The van der Waals surface area contributed by atoms with E-state index in [2.05, 4.69) is 33.8 Å². The zero-order valence-corrected chi connectivity index (χ0v) is 19.2. The van der Waals surface area contributed by atoms with Crippen LogP contribution in [0.5, 0.6) is 17.2 Å². The number of aromatic hydroxyl groups is 1. The third kappa shape index (κ3) is 7.10. The topological polar surface area (TPSA) is 75.1 Å². The minimum absolute atomic E-state index is 0. The molecule has 0 aliphatic carbocycles. The molecule has 2 aromatic rings. The van der Waals surface area contributed by atoms with Crippen LogP contribution in [0.15, 0.2) is 41.4 Å². The van der Waals surface area contributed by atoms with Crippen LogP contribution in [0.1, 0.15) is 23.6 Å². The van der Waals surface area contributed by atoms with Gasteiger partial charge in [-0.05, 0) is 55.7 Å². The number of phenols is 1. The van der Waals surface area contributed by atoms with E-state index in [0.717, 1.165) is 36.4 Å². The Bertz CT molecular complexity index is 781. The van der Waals surface area contributed by atoms with E-state index in [0.29, 0.717) is 18.3 Å². The average Bonchev–Trinajstić information content (AvgIpc) is 2.68. The number of hydrogen-bond acceptors (Lipinski definition) is 4. The molecule has 0 aromatic heterocycles. The summed E-state index contributed by atoms with van der Waals surface area (Å²) in [6.45, 7) is 5.91. The van der Waals surface area contributed by atoms with Crippen molar-refractivity contribution >= 4 is 29.9 Å². The Balaban J connectivity index is 0.00000392. The fraction of sp³-hybridized carbons (Fsp3) is 0.381. The molecule has 154 valence electrons. The van der Waals surface area contributed by atoms with Crippen LogP contribution in [0.2, 0.25) is 0 Å². The fourth-order valence-corrected chi connectivity index (χ4v) is 2.67. The Morgan fingerprint density at radius 3 is 2.54 bits per heavy atom. The molecular weight excluding hydrogens is 469 g/mol. The molecule has 0 spiro atoms. The first-order valence-corrected chi connectivity index (χ1v) is 9.09. The van der Waals surface area contributed by atoms with Crippen molar-refractivity contribution in [1.82, 2.24) is 10.6 Å². The maximum atomic E-state index is 9.99. The van der Waals surface area contributed by atoms with Gasteiger partial charge in [0.15, 0.2) is 5.96 Å². The van der Waals surface area contributed by atoms with Gasteiger partial charge >= 0.3 is 0 Å². The maximum Gasteiger partial charge on any atom is 0.191 e. The smallest absolute Gasteiger partial charge is 0.191 e. The Labute approximate surface area is 184 Å². The van der Waals surface area contributed by atoms with E-state index in [4.69, 9.17) is 9.47 Å². The molecule has 0 saturated heterocycles. The molecule has 0 atom stereocenters. The predicted octanol–water partition coefficient (Wildman–Crippen LogP) is 3.63. The molecule has 2 rings (SSSR count). The quantitative estimate of drug-likeness (QED) is 0.294. The number of phenolic OH excluding ortho intramolecular Hbond substituents is 1. The van der Waals surface area contributed by atoms with Gasteiger partial charge in [-0.15, -0.1) is 24.0 Å². The molecule has 0 amide bonds. The van der Waals surface area contributed by atoms with Crippen LogP contribution in [0, 0.1) is 6.92 Å². The van der Waals surface area contributed by atoms with Crippen molar-refractivity contribution < 1.29 is 14.6 Å². The molecule has 28 heavy (non-hydrogen) atoms. The lowest BCUT2D eigenvalue weighted by molar-refractivity contribution is 0.411. The number of methoxy groups -OCH3 is 2. The summed E-state index contributed by atoms with van der Waals surface area (Å²) in [7, 11) is 3.29. The minimum Gasteiger partial charge on any atom is -0.508 e. The minimum atomic E-state index is 0. The second kappa shape index (κ2) is 12.3. The highest BCUT2D eigenvalue weighted by atomic mass is 127. The molecule has 3 N–H and O–H groups in total. The molecule has 0 heterocycles. The monoisotopic (exact) mass is 499 g/mol. The SMILES string of the molecule is CCNC(=NCc1cc(OC)ccc1O)NCCc1ccc(C)c(OC)c1.I. The van der Waals surface area contributed by atoms with Gasteiger partial charge in [-0.2, -0.15) is 0 Å². The third-order valence-corrected chi connectivity index (χ3v) is 4.22. The zero-order valence-electron chi connectivity index (χ0n) is 16.9. The molecule has 0 saturated carbocycles. The number of benzene rings is 2. The van der Waals surface area contributed by atoms with Gasteiger partial charge in [0.25, 0.3) is 0 Å². The van der Waals surface area contributed by atoms with Crippen LogP contribution < -0.4 is 20.1 Å². The van der Waals surface area contributed by atoms with Crippen LogP contribution in [0.25, 0.3) is 0 Å². The van der Waals surface area contributed by atoms with Gasteiger partial charge in [-0.1, -0.05) is 12.1 Å². The number of aryl methyl sites for hydroxylation is 1. The van der Waals surface area contributed by atoms with Gasteiger partial charge in [-0.3, -0.25) is 0 Å². The number of nitrogens with zero attached hydrogens (tertiary/aromatic N) is 1. The van der Waals surface area contributed by atoms with E-state index in [1.54, 1.807) is 32.4 Å². The summed E-state index contributed by atoms with van der Waals surface area (Å²) in [6, 6.07) is 11.4. The number of rotatable bonds is 8. The summed E-state index contributed by atoms with van der Waals surface area (Å²) in [5.74, 6) is 2.52. The molecule has 0 radical (unpaired) electrons. The van der Waals surface area contributed by atoms with Gasteiger partial charge in [0.05, 0.1) is 20.8 Å². The van der Waals surface area contributed by atoms with E-state index in [-0.39, 0.29) is 29.7 Å². The predicted molar refractivity (Wildman–Crippen MR) is 124 cm³/mol. The lowest BCUT2D eigenvalue weighted by atomic mass is 10.1. The number of hydrogen-bond donors (Lipinski definition) is 3. The van der Waals surface area contributed by atoms with Crippen molar-refractivity contribution in [3.63, 3.8) is 0 Å². The van der Waals surface area contributed by atoms with E-state index in [1.165, 1.54) is 5.56 Å². The largest absolute Gasteiger partial charge is 0.508 e. The molecule has 0 fully saturated rings. The zero-order chi connectivity index (χ0) is 19.6. The summed E-state index contributed by atoms with van der Waals surface area (Å²) in [4.78, 5) is 4.55. The molecule has 0 unspecified atom stereocenters. The molecule has 0 bridgehead atoms. The Morgan fingerprint density at radius 1 is 1.07 bits per heavy atom. The normalized spacial score (nSPS) is 10.8. The van der Waals surface area contributed by atoms with E-state index in [9.17, 15) is 5.11 Å². The van der Waals surface area contributed by atoms with Crippen molar-refractivity contribution in [2.24, 2.45) is 4.99 Å². The first-order chi connectivity index (χ1) is 13.1. The number of guanidine groups is 1. The van der Waals surface area contributed by atoms with Gasteiger partial charge in [-0.25, -0.2) is 4.99 Å². The van der Waals surface area contributed by atoms with Crippen LogP contribution >= 0.6 is 24.0 Å². The van der Waals surface area contributed by atoms with Crippen molar-refractivity contribution in [2.45, 2.75) is 26.8 Å². The van der Waals surface area contributed by atoms with E-state index in [1.807, 2.05) is 13.8 Å². The summed E-state index contributed by atoms with van der Waals surface area (Å²) >= 11 is 0. The highest BCUT2D eigenvalue weighted by molar-refractivity contribution is 14.0. The Hall–Kier alpha value is -2.16. The second-order valence-corrected chi connectivity index (χ2v) is 6.17. The van der Waals surface area contributed by atoms with Gasteiger partial charge in [0.2, 0.25) is 0 Å². The number of halogens is 1. The number of ether oxygens (including phenoxy) is 2. The van der Waals surface area contributed by atoms with Crippen molar-refractivity contribution in [3.05, 3.63) is 53.1 Å². The molecule has 2 aromatic carbocycles. The fourth-order valence-electron chi connectivity index (χ4n) is 2.67. The molecule has 7 heteroatoms. The summed E-state index contributed by atoms with van der Waals surface area (Å²) in [5, 5.41) is 16.5. The molecule has 0 aliphatic heterocycles. The Morgan fingerprint density at radius 2 is 1.86 bits per heavy atom. The summed E-state index contributed by atoms with van der Waals surface area (Å²) in [5.41, 5.74) is 3.04. The van der Waals surface area contributed by atoms with Gasteiger partial charge in [0.1, 0.15) is 17.2 Å². The van der Waals surface area contributed by atoms with E-state index < -0.39 is 0 Å². The lowest BCUT2D eigenvalue weighted by Crippen LogP contribution is -2.38. The number of nitrogens with one attached hydrogen (secondary N) is 2. The highest BCUT2D eigenvalue weighted by Crippen LogP contribution is 2.23. The third-order valence-electron chi connectivity index (χ3n) is 4.22. The first kappa shape index (κ1) is 23.9. The summed E-state index contributed by atoms with van der Waals surface area (Å²) in [6.07, 6.45) is 0.853. The van der Waals surface area contributed by atoms with Crippen LogP contribution in [0.4, 0.5) is 0 Å². The van der Waals surface area contributed by atoms with Crippen LogP contribution in [-0.2, 0) is 13.0 Å². The first-order valence-electron chi connectivity index (χ1n) is 9.09. The van der Waals surface area contributed by atoms with Crippen molar-refractivity contribution in [1.29, 1.82) is 0 Å². The lowest BCUT2D eigenvalue weighted by Gasteiger charge is -2.13. The van der Waals surface area contributed by atoms with Crippen molar-refractivity contribution in [3.8, 4) is 17.2 Å². The van der Waals surface area contributed by atoms with Crippen LogP contribution in [0.3, 0.4) is 0 Å². The molecule has 0 aliphatic rings. The second-order valence-electron chi connectivity index (χ2n) is 6.17. The van der Waals surface area contributed by atoms with Gasteiger partial charge < -0.3 is 25.2 Å². The average molecular weight is 499 g/mol. The van der Waals surface area contributed by atoms with Crippen LogP contribution in [-0.4, -0.2) is 38.4 Å². The summed E-state index contributed by atoms with van der Waals surface area (Å²) < 4.78 is 10.6. The van der Waals surface area contributed by atoms with Gasteiger partial charge in [0, 0.05) is 18.7 Å². The Kier molecular flexibility index (Phi) is 10.5. The highest BCUT2D eigenvalue weighted by Gasteiger charge is 2.05. The maximum absolute atomic E-state index is 9.99. The molecule has 6 nitrogen and oxygen atoms in total. The standard InChI is InChI=1S/C21H29N3O3.HI/c1-5-22-21(24-14-17-13-18(26-3)8-9-19(17)25)23-11-10-16-7-6-15(2)20(12-16)27-4;/h6-9,12-13,25H,5,10-11,14H2,1-4H3,(H2,22,23,24);1H.